The third kappa shape index (κ3) is 1.52. The van der Waals surface area contributed by atoms with Crippen molar-refractivity contribution >= 4 is 10.9 Å². The van der Waals surface area contributed by atoms with Gasteiger partial charge in [0.05, 0.1) is 6.61 Å². The number of aromatic nitrogens is 1. The number of ether oxygens (including phenoxy) is 1. The Morgan fingerprint density at radius 1 is 1.31 bits per heavy atom. The number of hydrogen-bond donors (Lipinski definition) is 1. The van der Waals surface area contributed by atoms with E-state index in [-0.39, 0.29) is 0 Å². The van der Waals surface area contributed by atoms with Crippen LogP contribution in [0.1, 0.15) is 13.3 Å². The molecule has 2 aromatic rings. The van der Waals surface area contributed by atoms with Crippen LogP contribution >= 0.6 is 0 Å². The van der Waals surface area contributed by atoms with Crippen molar-refractivity contribution in [3.63, 3.8) is 0 Å². The Kier molecular flexibility index (Phi) is 2.21. The molecule has 0 saturated heterocycles. The quantitative estimate of drug-likeness (QED) is 0.762. The second-order valence-corrected chi connectivity index (χ2v) is 3.05. The highest BCUT2D eigenvalue weighted by Gasteiger charge is 2.01. The van der Waals surface area contributed by atoms with Crippen molar-refractivity contribution in [3.8, 4) is 5.75 Å². The van der Waals surface area contributed by atoms with Gasteiger partial charge in [0.1, 0.15) is 5.75 Å². The second-order valence-electron chi connectivity index (χ2n) is 3.05. The van der Waals surface area contributed by atoms with Gasteiger partial charge in [-0.15, -0.1) is 0 Å². The second kappa shape index (κ2) is 3.52. The molecule has 0 aliphatic rings. The molecule has 1 aromatic heterocycles. The van der Waals surface area contributed by atoms with E-state index in [1.807, 2.05) is 24.4 Å². The van der Waals surface area contributed by atoms with E-state index >= 15 is 0 Å². The van der Waals surface area contributed by atoms with Crippen LogP contribution in [0.25, 0.3) is 10.9 Å². The molecule has 0 spiro atoms. The molecular weight excluding hydrogens is 162 g/mol. The summed E-state index contributed by atoms with van der Waals surface area (Å²) in [5.74, 6) is 0.956. The summed E-state index contributed by atoms with van der Waals surface area (Å²) in [6.45, 7) is 2.89. The molecular formula is C11H13NO. The molecule has 1 heterocycles. The SMILES string of the molecule is CCCOc1c[nH]c2ccccc12. The zero-order valence-corrected chi connectivity index (χ0v) is 7.71. The fourth-order valence-corrected chi connectivity index (χ4v) is 1.38. The third-order valence-corrected chi connectivity index (χ3v) is 2.01. The Bertz CT molecular complexity index is 392. The average Bonchev–Trinajstić information content (AvgIpc) is 2.58. The summed E-state index contributed by atoms with van der Waals surface area (Å²) in [6.07, 6.45) is 2.96. The van der Waals surface area contributed by atoms with Crippen molar-refractivity contribution in [2.24, 2.45) is 0 Å². The minimum atomic E-state index is 0.780. The number of fused-ring (bicyclic) bond motifs is 1. The summed E-state index contributed by atoms with van der Waals surface area (Å²) < 4.78 is 5.58. The van der Waals surface area contributed by atoms with E-state index in [0.717, 1.165) is 29.7 Å². The number of rotatable bonds is 3. The minimum Gasteiger partial charge on any atom is -0.491 e. The molecule has 0 aliphatic carbocycles. The fourth-order valence-electron chi connectivity index (χ4n) is 1.38. The van der Waals surface area contributed by atoms with Gasteiger partial charge in [0.25, 0.3) is 0 Å². The van der Waals surface area contributed by atoms with Gasteiger partial charge < -0.3 is 9.72 Å². The van der Waals surface area contributed by atoms with Gasteiger partial charge >= 0.3 is 0 Å². The first-order valence-corrected chi connectivity index (χ1v) is 4.60. The molecule has 0 bridgehead atoms. The van der Waals surface area contributed by atoms with E-state index in [1.165, 1.54) is 0 Å². The highest BCUT2D eigenvalue weighted by atomic mass is 16.5. The molecule has 0 amide bonds. The van der Waals surface area contributed by atoms with Crippen LogP contribution in [0.15, 0.2) is 30.5 Å². The molecule has 13 heavy (non-hydrogen) atoms. The number of hydrogen-bond acceptors (Lipinski definition) is 1. The zero-order valence-electron chi connectivity index (χ0n) is 7.71. The number of nitrogens with one attached hydrogen (secondary N) is 1. The van der Waals surface area contributed by atoms with Crippen molar-refractivity contribution in [1.82, 2.24) is 4.98 Å². The van der Waals surface area contributed by atoms with Crippen LogP contribution in [0, 0.1) is 0 Å². The summed E-state index contributed by atoms with van der Waals surface area (Å²) in [7, 11) is 0. The van der Waals surface area contributed by atoms with Gasteiger partial charge in [0.15, 0.2) is 0 Å². The summed E-state index contributed by atoms with van der Waals surface area (Å²) in [4.78, 5) is 3.17. The predicted octanol–water partition coefficient (Wildman–Crippen LogP) is 2.96. The van der Waals surface area contributed by atoms with Crippen LogP contribution in [0.2, 0.25) is 0 Å². The predicted molar refractivity (Wildman–Crippen MR) is 54.1 cm³/mol. The van der Waals surface area contributed by atoms with Crippen LogP contribution in [-0.4, -0.2) is 11.6 Å². The van der Waals surface area contributed by atoms with Crippen molar-refractivity contribution < 1.29 is 4.74 Å². The highest BCUT2D eigenvalue weighted by molar-refractivity contribution is 5.85. The van der Waals surface area contributed by atoms with Crippen LogP contribution in [0.5, 0.6) is 5.75 Å². The smallest absolute Gasteiger partial charge is 0.144 e. The minimum absolute atomic E-state index is 0.780. The van der Waals surface area contributed by atoms with Gasteiger partial charge in [0, 0.05) is 17.1 Å². The molecule has 0 saturated carbocycles. The molecule has 0 aliphatic heterocycles. The molecule has 1 N–H and O–H groups in total. The molecule has 2 rings (SSSR count). The Morgan fingerprint density at radius 2 is 2.15 bits per heavy atom. The van der Waals surface area contributed by atoms with Gasteiger partial charge in [0.2, 0.25) is 0 Å². The zero-order chi connectivity index (χ0) is 9.10. The molecule has 2 nitrogen and oxygen atoms in total. The van der Waals surface area contributed by atoms with Crippen LogP contribution < -0.4 is 4.74 Å². The molecule has 2 heteroatoms. The molecule has 0 atom stereocenters. The lowest BCUT2D eigenvalue weighted by Crippen LogP contribution is -1.93. The summed E-state index contributed by atoms with van der Waals surface area (Å²) in [6, 6.07) is 8.16. The van der Waals surface area contributed by atoms with Crippen LogP contribution in [0.4, 0.5) is 0 Å². The van der Waals surface area contributed by atoms with Gasteiger partial charge in [-0.2, -0.15) is 0 Å². The normalized spacial score (nSPS) is 10.5. The Morgan fingerprint density at radius 3 is 3.00 bits per heavy atom. The van der Waals surface area contributed by atoms with Gasteiger partial charge in [-0.25, -0.2) is 0 Å². The first-order valence-electron chi connectivity index (χ1n) is 4.60. The summed E-state index contributed by atoms with van der Waals surface area (Å²) >= 11 is 0. The van der Waals surface area contributed by atoms with Gasteiger partial charge in [-0.3, -0.25) is 0 Å². The van der Waals surface area contributed by atoms with Crippen molar-refractivity contribution in [2.75, 3.05) is 6.61 Å². The maximum Gasteiger partial charge on any atom is 0.144 e. The van der Waals surface area contributed by atoms with E-state index in [2.05, 4.69) is 18.0 Å². The molecule has 0 radical (unpaired) electrons. The van der Waals surface area contributed by atoms with E-state index in [1.54, 1.807) is 0 Å². The molecule has 1 aromatic carbocycles. The molecule has 0 unspecified atom stereocenters. The number of benzene rings is 1. The third-order valence-electron chi connectivity index (χ3n) is 2.01. The van der Waals surface area contributed by atoms with Crippen molar-refractivity contribution in [3.05, 3.63) is 30.5 Å². The lowest BCUT2D eigenvalue weighted by atomic mass is 10.2. The van der Waals surface area contributed by atoms with E-state index < -0.39 is 0 Å². The number of aromatic amines is 1. The topological polar surface area (TPSA) is 25.0 Å². The fraction of sp³-hybridized carbons (Fsp3) is 0.273. The first kappa shape index (κ1) is 8.17. The number of para-hydroxylation sites is 1. The average molecular weight is 175 g/mol. The van der Waals surface area contributed by atoms with E-state index in [9.17, 15) is 0 Å². The largest absolute Gasteiger partial charge is 0.491 e. The highest BCUT2D eigenvalue weighted by Crippen LogP contribution is 2.24. The first-order chi connectivity index (χ1) is 6.42. The summed E-state index contributed by atoms with van der Waals surface area (Å²) in [5, 5.41) is 1.16. The van der Waals surface area contributed by atoms with Gasteiger partial charge in [-0.1, -0.05) is 19.1 Å². The van der Waals surface area contributed by atoms with Crippen LogP contribution in [-0.2, 0) is 0 Å². The maximum absolute atomic E-state index is 5.58. The lowest BCUT2D eigenvalue weighted by molar-refractivity contribution is 0.321. The summed E-state index contributed by atoms with van der Waals surface area (Å²) in [5.41, 5.74) is 1.13. The molecule has 68 valence electrons. The molecule has 0 fully saturated rings. The Labute approximate surface area is 77.5 Å². The lowest BCUT2D eigenvalue weighted by Gasteiger charge is -2.00. The maximum atomic E-state index is 5.58. The Hall–Kier alpha value is -1.44. The van der Waals surface area contributed by atoms with E-state index in [0.29, 0.717) is 0 Å². The van der Waals surface area contributed by atoms with Crippen molar-refractivity contribution in [2.45, 2.75) is 13.3 Å². The van der Waals surface area contributed by atoms with E-state index in [4.69, 9.17) is 4.74 Å². The Balaban J connectivity index is 2.35. The monoisotopic (exact) mass is 175 g/mol. The van der Waals surface area contributed by atoms with Crippen molar-refractivity contribution in [1.29, 1.82) is 0 Å². The number of H-pyrrole nitrogens is 1. The standard InChI is InChI=1S/C11H13NO/c1-2-7-13-11-8-12-10-6-4-3-5-9(10)11/h3-6,8,12H,2,7H2,1H3. The van der Waals surface area contributed by atoms with Gasteiger partial charge in [-0.05, 0) is 18.6 Å². The van der Waals surface area contributed by atoms with Crippen LogP contribution in [0.3, 0.4) is 0 Å².